The Morgan fingerprint density at radius 3 is 2.69 bits per heavy atom. The average Bonchev–Trinajstić information content (AvgIpc) is 2.62. The minimum atomic E-state index is -0.289. The van der Waals surface area contributed by atoms with Crippen LogP contribution in [0.5, 0.6) is 5.75 Å². The van der Waals surface area contributed by atoms with Crippen LogP contribution in [0.4, 0.5) is 5.69 Å². The number of amides is 1. The van der Waals surface area contributed by atoms with Crippen LogP contribution in [-0.4, -0.2) is 30.8 Å². The van der Waals surface area contributed by atoms with Crippen LogP contribution in [0.3, 0.4) is 0 Å². The highest BCUT2D eigenvalue weighted by molar-refractivity contribution is 7.80. The van der Waals surface area contributed by atoms with Gasteiger partial charge in [-0.2, -0.15) is 0 Å². The van der Waals surface area contributed by atoms with E-state index < -0.39 is 0 Å². The molecule has 2 aromatic rings. The lowest BCUT2D eigenvalue weighted by Gasteiger charge is -2.13. The van der Waals surface area contributed by atoms with Crippen LogP contribution < -0.4 is 15.4 Å². The number of hydrogen-bond acceptors (Lipinski definition) is 4. The van der Waals surface area contributed by atoms with E-state index in [2.05, 4.69) is 10.6 Å². The summed E-state index contributed by atoms with van der Waals surface area (Å²) in [6.45, 7) is 7.51. The highest BCUT2D eigenvalue weighted by atomic mass is 32.1. The summed E-state index contributed by atoms with van der Waals surface area (Å²) >= 11 is 5.26. The highest BCUT2D eigenvalue weighted by Crippen LogP contribution is 2.16. The van der Waals surface area contributed by atoms with Crippen molar-refractivity contribution in [3.63, 3.8) is 0 Å². The molecule has 0 bridgehead atoms. The molecule has 2 rings (SSSR count). The second-order valence-corrected chi connectivity index (χ2v) is 6.21. The fourth-order valence-electron chi connectivity index (χ4n) is 2.29. The predicted octanol–water partition coefficient (Wildman–Crippen LogP) is 3.85. The zero-order chi connectivity index (χ0) is 18.9. The number of anilines is 1. The van der Waals surface area contributed by atoms with Crippen molar-refractivity contribution in [2.75, 3.05) is 25.1 Å². The summed E-state index contributed by atoms with van der Waals surface area (Å²) in [7, 11) is 0. The zero-order valence-electron chi connectivity index (χ0n) is 15.3. The molecule has 0 radical (unpaired) electrons. The number of benzene rings is 2. The molecule has 0 heterocycles. The minimum Gasteiger partial charge on any atom is -0.491 e. The molecular weight excluding hydrogens is 348 g/mol. The molecule has 2 aromatic carbocycles. The van der Waals surface area contributed by atoms with Crippen molar-refractivity contribution in [2.24, 2.45) is 0 Å². The summed E-state index contributed by atoms with van der Waals surface area (Å²) < 4.78 is 10.8. The second-order valence-electron chi connectivity index (χ2n) is 5.80. The van der Waals surface area contributed by atoms with Crippen molar-refractivity contribution in [1.82, 2.24) is 5.32 Å². The summed E-state index contributed by atoms with van der Waals surface area (Å²) in [6.07, 6.45) is 0. The van der Waals surface area contributed by atoms with E-state index in [0.29, 0.717) is 31.1 Å². The Morgan fingerprint density at radius 1 is 1.12 bits per heavy atom. The van der Waals surface area contributed by atoms with Crippen molar-refractivity contribution in [3.8, 4) is 5.75 Å². The van der Waals surface area contributed by atoms with Crippen LogP contribution in [0.15, 0.2) is 42.5 Å². The van der Waals surface area contributed by atoms with Crippen molar-refractivity contribution in [3.05, 3.63) is 59.2 Å². The molecule has 2 N–H and O–H groups in total. The molecule has 0 aliphatic heterocycles. The van der Waals surface area contributed by atoms with E-state index in [1.54, 1.807) is 24.3 Å². The van der Waals surface area contributed by atoms with Crippen LogP contribution in [0.25, 0.3) is 0 Å². The number of rotatable bonds is 7. The zero-order valence-corrected chi connectivity index (χ0v) is 16.1. The topological polar surface area (TPSA) is 59.6 Å². The van der Waals surface area contributed by atoms with E-state index in [4.69, 9.17) is 21.7 Å². The Kier molecular flexibility index (Phi) is 7.56. The van der Waals surface area contributed by atoms with Gasteiger partial charge in [0.15, 0.2) is 5.11 Å². The normalized spacial score (nSPS) is 10.3. The van der Waals surface area contributed by atoms with Gasteiger partial charge in [0.1, 0.15) is 12.4 Å². The molecule has 5 nitrogen and oxygen atoms in total. The van der Waals surface area contributed by atoms with Gasteiger partial charge in [-0.05, 0) is 68.4 Å². The van der Waals surface area contributed by atoms with Crippen LogP contribution in [0.2, 0.25) is 0 Å². The third-order valence-corrected chi connectivity index (χ3v) is 3.87. The molecule has 0 unspecified atom stereocenters. The molecule has 26 heavy (non-hydrogen) atoms. The van der Waals surface area contributed by atoms with Gasteiger partial charge in [-0.25, -0.2) is 0 Å². The highest BCUT2D eigenvalue weighted by Gasteiger charge is 2.10. The second kappa shape index (κ2) is 9.89. The summed E-state index contributed by atoms with van der Waals surface area (Å²) in [5, 5.41) is 6.02. The number of ether oxygens (including phenoxy) is 2. The van der Waals surface area contributed by atoms with Crippen molar-refractivity contribution in [2.45, 2.75) is 20.8 Å². The van der Waals surface area contributed by atoms with Gasteiger partial charge in [-0.3, -0.25) is 10.1 Å². The molecule has 0 aromatic heterocycles. The maximum absolute atomic E-state index is 12.4. The van der Waals surface area contributed by atoms with Gasteiger partial charge in [0.05, 0.1) is 6.61 Å². The summed E-state index contributed by atoms with van der Waals surface area (Å²) in [5.41, 5.74) is 3.52. The first-order valence-electron chi connectivity index (χ1n) is 8.49. The Labute approximate surface area is 159 Å². The average molecular weight is 372 g/mol. The van der Waals surface area contributed by atoms with Crippen molar-refractivity contribution < 1.29 is 14.3 Å². The largest absolute Gasteiger partial charge is 0.491 e. The molecule has 0 saturated heterocycles. The van der Waals surface area contributed by atoms with Crippen LogP contribution in [0, 0.1) is 13.8 Å². The van der Waals surface area contributed by atoms with Gasteiger partial charge in [-0.1, -0.05) is 18.2 Å². The monoisotopic (exact) mass is 372 g/mol. The van der Waals surface area contributed by atoms with E-state index in [-0.39, 0.29) is 11.0 Å². The third kappa shape index (κ3) is 6.13. The maximum atomic E-state index is 12.4. The lowest BCUT2D eigenvalue weighted by molar-refractivity contribution is 0.0976. The van der Waals surface area contributed by atoms with E-state index in [0.717, 1.165) is 16.8 Å². The van der Waals surface area contributed by atoms with Gasteiger partial charge in [-0.15, -0.1) is 0 Å². The molecule has 138 valence electrons. The number of thiocarbonyl (C=S) groups is 1. The fraction of sp³-hybridized carbons (Fsp3) is 0.300. The molecule has 1 amide bonds. The predicted molar refractivity (Wildman–Crippen MR) is 108 cm³/mol. The lowest BCUT2D eigenvalue weighted by atomic mass is 10.1. The number of carbonyl (C=O) groups is 1. The van der Waals surface area contributed by atoms with Crippen LogP contribution >= 0.6 is 12.2 Å². The van der Waals surface area contributed by atoms with E-state index in [1.165, 1.54) is 0 Å². The number of nitrogens with one attached hydrogen (secondary N) is 2. The molecular formula is C20H24N2O3S. The molecule has 6 heteroatoms. The van der Waals surface area contributed by atoms with Gasteiger partial charge in [0.25, 0.3) is 5.91 Å². The molecule has 0 saturated carbocycles. The van der Waals surface area contributed by atoms with Crippen LogP contribution in [0.1, 0.15) is 28.4 Å². The Morgan fingerprint density at radius 2 is 1.92 bits per heavy atom. The summed E-state index contributed by atoms with van der Waals surface area (Å²) in [4.78, 5) is 12.4. The Bertz CT molecular complexity index is 777. The number of aryl methyl sites for hydroxylation is 2. The Balaban J connectivity index is 1.94. The first-order chi connectivity index (χ1) is 12.5. The SMILES string of the molecule is CCOCCOc1cccc(C(=O)NC(=S)Nc2cc(C)ccc2C)c1. The third-order valence-electron chi connectivity index (χ3n) is 3.67. The maximum Gasteiger partial charge on any atom is 0.257 e. The van der Waals surface area contributed by atoms with Gasteiger partial charge >= 0.3 is 0 Å². The number of carbonyl (C=O) groups excluding carboxylic acids is 1. The quantitative estimate of drug-likeness (QED) is 0.571. The van der Waals surface area contributed by atoms with Gasteiger partial charge < -0.3 is 14.8 Å². The minimum absolute atomic E-state index is 0.256. The smallest absolute Gasteiger partial charge is 0.257 e. The van der Waals surface area contributed by atoms with Crippen LogP contribution in [-0.2, 0) is 4.74 Å². The molecule has 0 atom stereocenters. The van der Waals surface area contributed by atoms with E-state index in [1.807, 2.05) is 39.0 Å². The van der Waals surface area contributed by atoms with Gasteiger partial charge in [0.2, 0.25) is 0 Å². The summed E-state index contributed by atoms with van der Waals surface area (Å²) in [5.74, 6) is 0.328. The molecule has 0 aliphatic rings. The van der Waals surface area contributed by atoms with Gasteiger partial charge in [0, 0.05) is 17.9 Å². The first kappa shape index (κ1) is 19.9. The first-order valence-corrected chi connectivity index (χ1v) is 8.90. The summed E-state index contributed by atoms with van der Waals surface area (Å²) in [6, 6.07) is 13.0. The van der Waals surface area contributed by atoms with Crippen molar-refractivity contribution >= 4 is 28.9 Å². The molecule has 0 fully saturated rings. The lowest BCUT2D eigenvalue weighted by Crippen LogP contribution is -2.34. The molecule has 0 aliphatic carbocycles. The Hall–Kier alpha value is -2.44. The molecule has 0 spiro atoms. The van der Waals surface area contributed by atoms with Crippen molar-refractivity contribution in [1.29, 1.82) is 0 Å². The van der Waals surface area contributed by atoms with E-state index >= 15 is 0 Å². The standard InChI is InChI=1S/C20H24N2O3S/c1-4-24-10-11-25-17-7-5-6-16(13-17)19(23)22-20(26)21-18-12-14(2)8-9-15(18)3/h5-9,12-13H,4,10-11H2,1-3H3,(H2,21,22,23,26). The van der Waals surface area contributed by atoms with E-state index in [9.17, 15) is 4.79 Å². The number of hydrogen-bond donors (Lipinski definition) is 2. The fourth-order valence-corrected chi connectivity index (χ4v) is 2.49.